The van der Waals surface area contributed by atoms with Crippen molar-refractivity contribution in [2.75, 3.05) is 0 Å². The van der Waals surface area contributed by atoms with Crippen LogP contribution in [0.5, 0.6) is 0 Å². The molecule has 4 nitrogen and oxygen atoms in total. The van der Waals surface area contributed by atoms with Crippen LogP contribution >= 0.6 is 0 Å². The monoisotopic (exact) mass is 390 g/mol. The fourth-order valence-electron chi connectivity index (χ4n) is 8.28. The summed E-state index contributed by atoms with van der Waals surface area (Å²) in [5.74, 6) is 2.18. The van der Waals surface area contributed by atoms with Crippen LogP contribution < -0.4 is 0 Å². The lowest BCUT2D eigenvalue weighted by Gasteiger charge is -2.60. The Labute approximate surface area is 169 Å². The first-order valence-electron chi connectivity index (χ1n) is 11.5. The number of hydrogen-bond acceptors (Lipinski definition) is 3. The van der Waals surface area contributed by atoms with Gasteiger partial charge in [0.2, 0.25) is 0 Å². The van der Waals surface area contributed by atoms with Gasteiger partial charge in [0.15, 0.2) is 0 Å². The zero-order chi connectivity index (χ0) is 20.3. The van der Waals surface area contributed by atoms with Gasteiger partial charge in [0, 0.05) is 6.42 Å². The highest BCUT2D eigenvalue weighted by Crippen LogP contribution is 2.67. The van der Waals surface area contributed by atoms with Crippen molar-refractivity contribution in [3.8, 4) is 0 Å². The molecule has 28 heavy (non-hydrogen) atoms. The molecule has 9 atom stereocenters. The molecule has 0 aromatic rings. The van der Waals surface area contributed by atoms with Gasteiger partial charge >= 0.3 is 5.97 Å². The summed E-state index contributed by atoms with van der Waals surface area (Å²) in [6, 6.07) is 0. The number of aliphatic hydroxyl groups excluding tert-OH is 2. The molecule has 0 heterocycles. The number of hydrogen-bond donors (Lipinski definition) is 3. The van der Waals surface area contributed by atoms with Crippen molar-refractivity contribution in [2.24, 2.45) is 40.4 Å². The first-order chi connectivity index (χ1) is 13.2. The molecular formula is C24H38O4. The van der Waals surface area contributed by atoms with E-state index in [1.807, 2.05) is 6.08 Å². The molecule has 9 unspecified atom stereocenters. The molecule has 4 heteroatoms. The number of carboxylic acid groups (broad SMARTS) is 1. The van der Waals surface area contributed by atoms with Crippen molar-refractivity contribution >= 4 is 5.97 Å². The fraction of sp³-hybridized carbons (Fsp3) is 0.875. The van der Waals surface area contributed by atoms with Crippen LogP contribution in [0.4, 0.5) is 0 Å². The van der Waals surface area contributed by atoms with Gasteiger partial charge in [-0.1, -0.05) is 26.8 Å². The fourth-order valence-corrected chi connectivity index (χ4v) is 8.28. The lowest BCUT2D eigenvalue weighted by molar-refractivity contribution is -0.137. The van der Waals surface area contributed by atoms with Gasteiger partial charge in [-0.3, -0.25) is 4.79 Å². The Bertz CT molecular complexity index is 657. The predicted octanol–water partition coefficient (Wildman–Crippen LogP) is 4.40. The van der Waals surface area contributed by atoms with E-state index >= 15 is 0 Å². The minimum absolute atomic E-state index is 0.0376. The molecule has 4 aliphatic carbocycles. The Balaban J connectivity index is 1.57. The SMILES string of the molecule is CC(CCC(=O)O)C1CCC2C3CC(O)C4=CC(O)CCC4(C)C3CCC12C. The summed E-state index contributed by atoms with van der Waals surface area (Å²) >= 11 is 0. The van der Waals surface area contributed by atoms with E-state index in [2.05, 4.69) is 20.8 Å². The molecule has 0 amide bonds. The molecular weight excluding hydrogens is 352 g/mol. The minimum atomic E-state index is -0.683. The molecule has 4 aliphatic rings. The van der Waals surface area contributed by atoms with Crippen LogP contribution in [-0.2, 0) is 4.79 Å². The van der Waals surface area contributed by atoms with Crippen molar-refractivity contribution in [1.82, 2.24) is 0 Å². The second-order valence-corrected chi connectivity index (χ2v) is 10.9. The average Bonchev–Trinajstić information content (AvgIpc) is 2.99. The third-order valence-electron chi connectivity index (χ3n) is 9.67. The Morgan fingerprint density at radius 3 is 2.61 bits per heavy atom. The smallest absolute Gasteiger partial charge is 0.303 e. The third kappa shape index (κ3) is 3.06. The number of aliphatic carboxylic acids is 1. The molecule has 0 aromatic carbocycles. The summed E-state index contributed by atoms with van der Waals surface area (Å²) < 4.78 is 0. The van der Waals surface area contributed by atoms with Crippen molar-refractivity contribution in [2.45, 2.75) is 90.8 Å². The maximum atomic E-state index is 11.0. The normalized spacial score (nSPS) is 48.8. The van der Waals surface area contributed by atoms with Crippen LogP contribution in [0.1, 0.15) is 78.6 Å². The van der Waals surface area contributed by atoms with E-state index in [1.165, 1.54) is 25.7 Å². The molecule has 3 N–H and O–H groups in total. The Kier molecular flexibility index (Phi) is 5.19. The molecule has 3 fully saturated rings. The number of rotatable bonds is 4. The van der Waals surface area contributed by atoms with Crippen LogP contribution in [0.2, 0.25) is 0 Å². The van der Waals surface area contributed by atoms with Gasteiger partial charge in [-0.05, 0) is 97.4 Å². The molecule has 0 bridgehead atoms. The van der Waals surface area contributed by atoms with Gasteiger partial charge in [-0.15, -0.1) is 0 Å². The van der Waals surface area contributed by atoms with Gasteiger partial charge < -0.3 is 15.3 Å². The van der Waals surface area contributed by atoms with Crippen LogP contribution in [0.25, 0.3) is 0 Å². The van der Waals surface area contributed by atoms with Gasteiger partial charge in [0.05, 0.1) is 12.2 Å². The Morgan fingerprint density at radius 1 is 1.14 bits per heavy atom. The van der Waals surface area contributed by atoms with Crippen molar-refractivity contribution in [3.63, 3.8) is 0 Å². The van der Waals surface area contributed by atoms with Crippen LogP contribution in [0, 0.1) is 40.4 Å². The molecule has 158 valence electrons. The number of aliphatic hydroxyl groups is 2. The predicted molar refractivity (Wildman–Crippen MR) is 109 cm³/mol. The first-order valence-corrected chi connectivity index (χ1v) is 11.5. The highest BCUT2D eigenvalue weighted by molar-refractivity contribution is 5.66. The molecule has 4 rings (SSSR count). The van der Waals surface area contributed by atoms with E-state index in [-0.39, 0.29) is 17.3 Å². The molecule has 0 spiro atoms. The van der Waals surface area contributed by atoms with Crippen LogP contribution in [-0.4, -0.2) is 33.5 Å². The van der Waals surface area contributed by atoms with Crippen LogP contribution in [0.15, 0.2) is 11.6 Å². The molecule has 0 aromatic heterocycles. The molecule has 0 saturated heterocycles. The zero-order valence-electron chi connectivity index (χ0n) is 17.7. The van der Waals surface area contributed by atoms with Crippen molar-refractivity contribution < 1.29 is 20.1 Å². The summed E-state index contributed by atoms with van der Waals surface area (Å²) in [5, 5.41) is 30.2. The van der Waals surface area contributed by atoms with Gasteiger partial charge in [-0.25, -0.2) is 0 Å². The maximum Gasteiger partial charge on any atom is 0.303 e. The largest absolute Gasteiger partial charge is 0.481 e. The molecule has 0 aliphatic heterocycles. The van der Waals surface area contributed by atoms with Crippen molar-refractivity contribution in [1.29, 1.82) is 0 Å². The lowest BCUT2D eigenvalue weighted by Crippen LogP contribution is -2.54. The molecule has 3 saturated carbocycles. The summed E-state index contributed by atoms with van der Waals surface area (Å²) in [7, 11) is 0. The highest BCUT2D eigenvalue weighted by Gasteiger charge is 2.60. The number of carbonyl (C=O) groups is 1. The maximum absolute atomic E-state index is 11.0. The zero-order valence-corrected chi connectivity index (χ0v) is 17.7. The summed E-state index contributed by atoms with van der Waals surface area (Å²) in [6.45, 7) is 7.07. The minimum Gasteiger partial charge on any atom is -0.481 e. The first kappa shape index (κ1) is 20.4. The van der Waals surface area contributed by atoms with Gasteiger partial charge in [0.1, 0.15) is 0 Å². The van der Waals surface area contributed by atoms with E-state index in [0.717, 1.165) is 31.3 Å². The summed E-state index contributed by atoms with van der Waals surface area (Å²) in [5.41, 5.74) is 1.43. The van der Waals surface area contributed by atoms with E-state index in [9.17, 15) is 15.0 Å². The van der Waals surface area contributed by atoms with Crippen molar-refractivity contribution in [3.05, 3.63) is 11.6 Å². The summed E-state index contributed by atoms with van der Waals surface area (Å²) in [4.78, 5) is 11.0. The second kappa shape index (κ2) is 7.12. The van der Waals surface area contributed by atoms with E-state index in [4.69, 9.17) is 5.11 Å². The third-order valence-corrected chi connectivity index (χ3v) is 9.67. The molecule has 0 radical (unpaired) electrons. The highest BCUT2D eigenvalue weighted by atomic mass is 16.4. The van der Waals surface area contributed by atoms with Crippen LogP contribution in [0.3, 0.4) is 0 Å². The van der Waals surface area contributed by atoms with E-state index in [0.29, 0.717) is 29.6 Å². The number of fused-ring (bicyclic) bond motifs is 5. The van der Waals surface area contributed by atoms with E-state index in [1.54, 1.807) is 0 Å². The average molecular weight is 391 g/mol. The standard InChI is InChI=1S/C24H38O4/c1-14(4-7-22(27)28)17-5-6-18-16-13-21(26)20-12-15(25)8-10-24(20,3)19(16)9-11-23(17,18)2/h12,14-19,21,25-26H,4-11,13H2,1-3H3,(H,27,28). The number of carboxylic acids is 1. The quantitative estimate of drug-likeness (QED) is 0.622. The van der Waals surface area contributed by atoms with Gasteiger partial charge in [-0.2, -0.15) is 0 Å². The van der Waals surface area contributed by atoms with E-state index < -0.39 is 18.2 Å². The van der Waals surface area contributed by atoms with Gasteiger partial charge in [0.25, 0.3) is 0 Å². The lowest BCUT2D eigenvalue weighted by atomic mass is 9.46. The Hall–Kier alpha value is -0.870. The topological polar surface area (TPSA) is 77.8 Å². The summed E-state index contributed by atoms with van der Waals surface area (Å²) in [6.07, 6.45) is 9.72. The second-order valence-electron chi connectivity index (χ2n) is 10.9. The Morgan fingerprint density at radius 2 is 1.89 bits per heavy atom.